The molecule has 78 valence electrons. The van der Waals surface area contributed by atoms with E-state index in [9.17, 15) is 4.79 Å². The molecule has 0 saturated carbocycles. The Bertz CT molecular complexity index is 333. The first-order chi connectivity index (χ1) is 6.54. The first kappa shape index (κ1) is 11.7. The van der Waals surface area contributed by atoms with Gasteiger partial charge in [0, 0.05) is 20.1 Å². The van der Waals surface area contributed by atoms with E-state index < -0.39 is 5.97 Å². The standard InChI is InChI=1S/C10H13BrO2S/c1-3-8-7(11)5-9(14-8)6(2)4-10(12)13/h5-6H,3-4H2,1-2H3,(H,12,13). The molecule has 1 heterocycles. The molecule has 2 nitrogen and oxygen atoms in total. The first-order valence-electron chi connectivity index (χ1n) is 4.54. The molecule has 0 aromatic carbocycles. The normalized spacial score (nSPS) is 12.8. The van der Waals surface area contributed by atoms with Gasteiger partial charge in [-0.05, 0) is 28.4 Å². The van der Waals surface area contributed by atoms with Crippen LogP contribution in [-0.4, -0.2) is 11.1 Å². The van der Waals surface area contributed by atoms with Crippen molar-refractivity contribution in [1.29, 1.82) is 0 Å². The Labute approximate surface area is 96.1 Å². The quantitative estimate of drug-likeness (QED) is 0.912. The minimum Gasteiger partial charge on any atom is -0.481 e. The zero-order chi connectivity index (χ0) is 10.7. The van der Waals surface area contributed by atoms with Crippen LogP contribution in [-0.2, 0) is 11.2 Å². The van der Waals surface area contributed by atoms with Crippen LogP contribution >= 0.6 is 27.3 Å². The number of carboxylic acids is 1. The van der Waals surface area contributed by atoms with Crippen molar-refractivity contribution in [2.45, 2.75) is 32.6 Å². The molecular formula is C10H13BrO2S. The minimum atomic E-state index is -0.736. The highest BCUT2D eigenvalue weighted by Crippen LogP contribution is 2.33. The van der Waals surface area contributed by atoms with Crippen molar-refractivity contribution < 1.29 is 9.90 Å². The summed E-state index contributed by atoms with van der Waals surface area (Å²) in [4.78, 5) is 13.0. The minimum absolute atomic E-state index is 0.106. The molecule has 4 heteroatoms. The second-order valence-corrected chi connectivity index (χ2v) is 5.30. The molecule has 0 aliphatic heterocycles. The Kier molecular flexibility index (Phi) is 4.13. The van der Waals surface area contributed by atoms with Crippen molar-refractivity contribution in [3.05, 3.63) is 20.3 Å². The van der Waals surface area contributed by atoms with Crippen molar-refractivity contribution in [2.24, 2.45) is 0 Å². The average Bonchev–Trinajstić information content (AvgIpc) is 2.45. The summed E-state index contributed by atoms with van der Waals surface area (Å²) in [6.45, 7) is 4.05. The van der Waals surface area contributed by atoms with Gasteiger partial charge in [0.15, 0.2) is 0 Å². The number of hydrogen-bond donors (Lipinski definition) is 1. The number of rotatable bonds is 4. The highest BCUT2D eigenvalue weighted by Gasteiger charge is 2.14. The molecule has 0 amide bonds. The molecule has 1 N–H and O–H groups in total. The van der Waals surface area contributed by atoms with Gasteiger partial charge in [-0.25, -0.2) is 0 Å². The third kappa shape index (κ3) is 2.82. The third-order valence-corrected chi connectivity index (χ3v) is 4.54. The number of aryl methyl sites for hydroxylation is 1. The fourth-order valence-corrected chi connectivity index (χ4v) is 3.24. The summed E-state index contributed by atoms with van der Waals surface area (Å²) in [7, 11) is 0. The van der Waals surface area contributed by atoms with Crippen molar-refractivity contribution in [3.8, 4) is 0 Å². The summed E-state index contributed by atoms with van der Waals surface area (Å²) in [5.41, 5.74) is 0. The number of thiophene rings is 1. The fourth-order valence-electron chi connectivity index (χ4n) is 1.27. The highest BCUT2D eigenvalue weighted by molar-refractivity contribution is 9.10. The Morgan fingerprint density at radius 1 is 1.71 bits per heavy atom. The van der Waals surface area contributed by atoms with Gasteiger partial charge < -0.3 is 5.11 Å². The van der Waals surface area contributed by atoms with Crippen LogP contribution in [0.15, 0.2) is 10.5 Å². The molecule has 0 saturated heterocycles. The van der Waals surface area contributed by atoms with Crippen LogP contribution in [0.4, 0.5) is 0 Å². The van der Waals surface area contributed by atoms with Crippen molar-refractivity contribution in [3.63, 3.8) is 0 Å². The Balaban J connectivity index is 2.80. The van der Waals surface area contributed by atoms with E-state index in [2.05, 4.69) is 22.9 Å². The van der Waals surface area contributed by atoms with Gasteiger partial charge in [-0.1, -0.05) is 13.8 Å². The van der Waals surface area contributed by atoms with E-state index in [4.69, 9.17) is 5.11 Å². The van der Waals surface area contributed by atoms with Gasteiger partial charge in [0.05, 0.1) is 6.42 Å². The van der Waals surface area contributed by atoms with E-state index in [1.165, 1.54) is 4.88 Å². The van der Waals surface area contributed by atoms with Crippen LogP contribution in [0.1, 0.15) is 35.9 Å². The SMILES string of the molecule is CCc1sc(C(C)CC(=O)O)cc1Br. The summed E-state index contributed by atoms with van der Waals surface area (Å²) >= 11 is 5.17. The molecule has 1 aromatic rings. The molecule has 1 unspecified atom stereocenters. The van der Waals surface area contributed by atoms with Gasteiger partial charge in [0.25, 0.3) is 0 Å². The number of carboxylic acid groups (broad SMARTS) is 1. The van der Waals surface area contributed by atoms with E-state index >= 15 is 0 Å². The molecular weight excluding hydrogens is 264 g/mol. The van der Waals surface area contributed by atoms with E-state index in [1.54, 1.807) is 11.3 Å². The van der Waals surface area contributed by atoms with Crippen molar-refractivity contribution in [2.75, 3.05) is 0 Å². The van der Waals surface area contributed by atoms with Gasteiger partial charge in [0.2, 0.25) is 0 Å². The molecule has 0 bridgehead atoms. The zero-order valence-corrected chi connectivity index (χ0v) is 10.6. The van der Waals surface area contributed by atoms with Gasteiger partial charge in [-0.15, -0.1) is 11.3 Å². The largest absolute Gasteiger partial charge is 0.481 e. The van der Waals surface area contributed by atoms with E-state index in [0.29, 0.717) is 0 Å². The molecule has 0 radical (unpaired) electrons. The van der Waals surface area contributed by atoms with E-state index in [0.717, 1.165) is 15.8 Å². The molecule has 14 heavy (non-hydrogen) atoms. The van der Waals surface area contributed by atoms with Crippen LogP contribution < -0.4 is 0 Å². The third-order valence-electron chi connectivity index (χ3n) is 2.06. The van der Waals surface area contributed by atoms with Gasteiger partial charge in [-0.3, -0.25) is 4.79 Å². The number of hydrogen-bond acceptors (Lipinski definition) is 2. The molecule has 1 atom stereocenters. The molecule has 0 aliphatic carbocycles. The number of carbonyl (C=O) groups is 1. The second-order valence-electron chi connectivity index (χ2n) is 3.27. The van der Waals surface area contributed by atoms with Crippen LogP contribution in [0.5, 0.6) is 0 Å². The lowest BCUT2D eigenvalue weighted by molar-refractivity contribution is -0.137. The number of aliphatic carboxylic acids is 1. The maximum absolute atomic E-state index is 10.5. The zero-order valence-electron chi connectivity index (χ0n) is 8.21. The summed E-state index contributed by atoms with van der Waals surface area (Å²) < 4.78 is 1.11. The summed E-state index contributed by atoms with van der Waals surface area (Å²) in [5.74, 6) is -0.630. The van der Waals surface area contributed by atoms with Crippen LogP contribution in [0.3, 0.4) is 0 Å². The maximum atomic E-state index is 10.5. The topological polar surface area (TPSA) is 37.3 Å². The van der Waals surface area contributed by atoms with E-state index in [1.807, 2.05) is 13.0 Å². The lowest BCUT2D eigenvalue weighted by Crippen LogP contribution is -2.00. The van der Waals surface area contributed by atoms with Gasteiger partial charge >= 0.3 is 5.97 Å². The molecule has 0 spiro atoms. The smallest absolute Gasteiger partial charge is 0.303 e. The second kappa shape index (κ2) is 4.94. The van der Waals surface area contributed by atoms with Crippen LogP contribution in [0.2, 0.25) is 0 Å². The molecule has 0 aliphatic rings. The van der Waals surface area contributed by atoms with Crippen LogP contribution in [0.25, 0.3) is 0 Å². The summed E-state index contributed by atoms with van der Waals surface area (Å²) in [6, 6.07) is 2.04. The monoisotopic (exact) mass is 276 g/mol. The number of halogens is 1. The highest BCUT2D eigenvalue weighted by atomic mass is 79.9. The van der Waals surface area contributed by atoms with E-state index in [-0.39, 0.29) is 12.3 Å². The fraction of sp³-hybridized carbons (Fsp3) is 0.500. The predicted molar refractivity (Wildman–Crippen MR) is 62.1 cm³/mol. The van der Waals surface area contributed by atoms with Gasteiger partial charge in [-0.2, -0.15) is 0 Å². The molecule has 1 rings (SSSR count). The van der Waals surface area contributed by atoms with Crippen molar-refractivity contribution in [1.82, 2.24) is 0 Å². The molecule has 0 fully saturated rings. The summed E-state index contributed by atoms with van der Waals surface area (Å²) in [5, 5.41) is 8.67. The molecule has 1 aromatic heterocycles. The lowest BCUT2D eigenvalue weighted by atomic mass is 10.1. The Hall–Kier alpha value is -0.350. The summed E-state index contributed by atoms with van der Waals surface area (Å²) in [6.07, 6.45) is 1.20. The van der Waals surface area contributed by atoms with Crippen LogP contribution in [0, 0.1) is 0 Å². The first-order valence-corrected chi connectivity index (χ1v) is 6.15. The van der Waals surface area contributed by atoms with Crippen molar-refractivity contribution >= 4 is 33.2 Å². The van der Waals surface area contributed by atoms with Gasteiger partial charge in [0.1, 0.15) is 0 Å². The Morgan fingerprint density at radius 2 is 2.36 bits per heavy atom. The Morgan fingerprint density at radius 3 is 2.79 bits per heavy atom. The maximum Gasteiger partial charge on any atom is 0.303 e. The average molecular weight is 277 g/mol. The predicted octanol–water partition coefficient (Wildman–Crippen LogP) is 3.65. The lowest BCUT2D eigenvalue weighted by Gasteiger charge is -2.04.